The third-order valence-electron chi connectivity index (χ3n) is 16.7. The first-order chi connectivity index (χ1) is 37.4. The number of hydrazine groups is 1. The first-order valence-electron chi connectivity index (χ1n) is 27.5. The number of fused-ring (bicyclic) bond motifs is 8. The highest BCUT2D eigenvalue weighted by Gasteiger charge is 2.53. The number of phenols is 1. The summed E-state index contributed by atoms with van der Waals surface area (Å²) in [7, 11) is 3.26. The Kier molecular flexibility index (Phi) is 15.4. The molecule has 78 heavy (non-hydrogen) atoms. The zero-order valence-corrected chi connectivity index (χ0v) is 46.0. The molecule has 6 bridgehead atoms. The number of rotatable bonds is 12. The number of carbonyl (C=O) groups excluding carboxylic acids is 5. The van der Waals surface area contributed by atoms with Gasteiger partial charge in [0, 0.05) is 87.6 Å². The lowest BCUT2D eigenvalue weighted by Crippen LogP contribution is -2.63. The van der Waals surface area contributed by atoms with Crippen LogP contribution in [0, 0.1) is 23.2 Å². The van der Waals surface area contributed by atoms with Crippen molar-refractivity contribution in [1.29, 1.82) is 0 Å². The van der Waals surface area contributed by atoms with Crippen LogP contribution in [0.5, 0.6) is 5.75 Å². The van der Waals surface area contributed by atoms with Gasteiger partial charge in [-0.2, -0.15) is 0 Å². The fourth-order valence-electron chi connectivity index (χ4n) is 12.3. The fourth-order valence-corrected chi connectivity index (χ4v) is 12.3. The van der Waals surface area contributed by atoms with E-state index in [1.54, 1.807) is 31.2 Å². The standard InChI is InChI=1S/C60H74N8O10/c1-9-67-49-16-15-38-25-44(49)46(54(67)45-27-41(29-61-51(45)35(4)76-8)65-17-19-66(20-18-65)50(71)31-69)28-60(5,6)33-78-59(75)52-43-26-40(43)30-68(63-52)57(73)48(23-36-21-39(38)24-42(70)22-36)62-56(72)53(34(2)3)64(7)58(74)55-47(32-77-55)37-13-11-10-12-14-37/h10-16,21-22,24-25,27,29,34-35,40,43,47-48,52-53,55,63,69-70H,9,17-20,23,26,28,30-33H2,1-8H3,(H,62,72)/t35-,40?,43?,47+,48-,52-,53-,55+/m0/s1. The topological polar surface area (TPSA) is 208 Å². The van der Waals surface area contributed by atoms with Crippen molar-refractivity contribution < 1.29 is 48.4 Å². The van der Waals surface area contributed by atoms with E-state index in [1.807, 2.05) is 69.4 Å². The predicted octanol–water partition coefficient (Wildman–Crippen LogP) is 5.61. The van der Waals surface area contributed by atoms with Crippen LogP contribution in [0.4, 0.5) is 5.69 Å². The number of methoxy groups -OCH3 is 1. The molecule has 18 heteroatoms. The molecule has 5 aromatic rings. The van der Waals surface area contributed by atoms with E-state index < -0.39 is 54.0 Å². The molecule has 2 unspecified atom stereocenters. The monoisotopic (exact) mass is 1070 g/mol. The number of nitrogens with one attached hydrogen (secondary N) is 2. The molecule has 2 aromatic heterocycles. The number of benzene rings is 3. The molecule has 4 N–H and O–H groups in total. The first kappa shape index (κ1) is 54.5. The van der Waals surface area contributed by atoms with Gasteiger partial charge in [0.1, 0.15) is 36.6 Å². The lowest BCUT2D eigenvalue weighted by molar-refractivity contribution is -0.165. The van der Waals surface area contributed by atoms with E-state index in [4.69, 9.17) is 19.2 Å². The third kappa shape index (κ3) is 10.7. The molecule has 8 atom stereocenters. The zero-order chi connectivity index (χ0) is 55.3. The molecule has 10 rings (SSSR count). The van der Waals surface area contributed by atoms with Crippen molar-refractivity contribution in [3.8, 4) is 28.1 Å². The largest absolute Gasteiger partial charge is 0.508 e. The van der Waals surface area contributed by atoms with Crippen molar-refractivity contribution >= 4 is 46.2 Å². The second-order valence-electron chi connectivity index (χ2n) is 23.1. The number of aromatic hydroxyl groups is 1. The van der Waals surface area contributed by atoms with Crippen LogP contribution in [0.3, 0.4) is 0 Å². The third-order valence-corrected chi connectivity index (χ3v) is 16.7. The second kappa shape index (κ2) is 22.1. The van der Waals surface area contributed by atoms with Crippen molar-refractivity contribution in [1.82, 2.24) is 35.1 Å². The number of piperazine rings is 1. The van der Waals surface area contributed by atoms with E-state index in [9.17, 15) is 29.4 Å². The molecular formula is C60H74N8O10. The number of ether oxygens (including phenoxy) is 3. The highest BCUT2D eigenvalue weighted by molar-refractivity contribution is 5.97. The van der Waals surface area contributed by atoms with Crippen LogP contribution in [0.25, 0.3) is 33.3 Å². The Morgan fingerprint density at radius 1 is 0.987 bits per heavy atom. The summed E-state index contributed by atoms with van der Waals surface area (Å²) in [5.41, 5.74) is 11.1. The fraction of sp³-hybridized carbons (Fsp3) is 0.500. The number of esters is 1. The summed E-state index contributed by atoms with van der Waals surface area (Å²) in [5, 5.41) is 26.6. The molecule has 4 fully saturated rings. The molecule has 1 saturated carbocycles. The molecule has 4 aliphatic heterocycles. The molecular weight excluding hydrogens is 993 g/mol. The van der Waals surface area contributed by atoms with Gasteiger partial charge >= 0.3 is 5.97 Å². The van der Waals surface area contributed by atoms with Gasteiger partial charge in [0.05, 0.1) is 42.6 Å². The minimum atomic E-state index is -1.18. The normalized spacial score (nSPS) is 23.9. The average molecular weight is 1070 g/mol. The molecule has 3 aromatic carbocycles. The molecule has 0 spiro atoms. The number of hydrogen-bond acceptors (Lipinski definition) is 13. The summed E-state index contributed by atoms with van der Waals surface area (Å²) < 4.78 is 20.4. The number of pyridine rings is 1. The number of aryl methyl sites for hydroxylation is 1. The number of cyclic esters (lactones) is 1. The number of anilines is 1. The molecule has 1 aliphatic carbocycles. The van der Waals surface area contributed by atoms with E-state index in [2.05, 4.69) is 59.2 Å². The summed E-state index contributed by atoms with van der Waals surface area (Å²) in [6.45, 7) is 14.8. The molecule has 18 nitrogen and oxygen atoms in total. The Morgan fingerprint density at radius 3 is 2.42 bits per heavy atom. The van der Waals surface area contributed by atoms with E-state index in [0.29, 0.717) is 63.4 Å². The number of hydrogen-bond donors (Lipinski definition) is 4. The Morgan fingerprint density at radius 2 is 1.74 bits per heavy atom. The molecule has 5 aliphatic rings. The number of carbonyl (C=O) groups is 5. The predicted molar refractivity (Wildman–Crippen MR) is 294 cm³/mol. The van der Waals surface area contributed by atoms with Crippen LogP contribution < -0.4 is 15.6 Å². The number of aromatic nitrogens is 2. The highest BCUT2D eigenvalue weighted by atomic mass is 16.5. The van der Waals surface area contributed by atoms with Gasteiger partial charge in [0.2, 0.25) is 11.8 Å². The lowest BCUT2D eigenvalue weighted by Gasteiger charge is -2.41. The quantitative estimate of drug-likeness (QED) is 0.112. The van der Waals surface area contributed by atoms with Crippen LogP contribution in [-0.2, 0) is 57.6 Å². The van der Waals surface area contributed by atoms with Gasteiger partial charge < -0.3 is 49.0 Å². The van der Waals surface area contributed by atoms with Crippen molar-refractivity contribution in [2.45, 2.75) is 104 Å². The molecule has 414 valence electrons. The summed E-state index contributed by atoms with van der Waals surface area (Å²) in [5.74, 6) is -2.62. The molecule has 4 amide bonds. The number of aliphatic hydroxyl groups is 1. The molecule has 3 saturated heterocycles. The van der Waals surface area contributed by atoms with E-state index in [-0.39, 0.29) is 60.4 Å². The summed E-state index contributed by atoms with van der Waals surface area (Å²) in [6.07, 6.45) is 1.88. The van der Waals surface area contributed by atoms with Crippen molar-refractivity contribution in [3.63, 3.8) is 0 Å². The lowest BCUT2D eigenvalue weighted by atomic mass is 9.84. The van der Waals surface area contributed by atoms with Gasteiger partial charge in [-0.25, -0.2) is 5.43 Å². The van der Waals surface area contributed by atoms with Crippen LogP contribution in [0.15, 0.2) is 79.0 Å². The SMILES string of the molecule is CCn1c(-c2cc(N3CCN(C(=O)CO)CC3)cnc2[C@H](C)OC)c2c3cc(ccc31)-c1cc(O)cc(c1)C[C@H](NC(=O)[C@H](C(C)C)N(C)C(=O)[C@@H]1OC[C@@H]1c1ccccc1)C(=O)N1CC3CC3[C@H](N1)C(=O)OCC(C)(C)C2. The van der Waals surface area contributed by atoms with Gasteiger partial charge in [-0.05, 0) is 103 Å². The first-order valence-corrected chi connectivity index (χ1v) is 27.5. The zero-order valence-electron chi connectivity index (χ0n) is 46.0. The number of aliphatic hydroxyl groups excluding tert-OH is 1. The maximum absolute atomic E-state index is 15.1. The molecule has 6 heterocycles. The van der Waals surface area contributed by atoms with Crippen LogP contribution in [0.1, 0.15) is 82.4 Å². The Balaban J connectivity index is 1.05. The van der Waals surface area contributed by atoms with E-state index in [1.165, 1.54) is 9.91 Å². The number of amides is 4. The summed E-state index contributed by atoms with van der Waals surface area (Å²) in [6, 6.07) is 20.4. The van der Waals surface area contributed by atoms with Gasteiger partial charge in [0.25, 0.3) is 11.8 Å². The van der Waals surface area contributed by atoms with Crippen LogP contribution >= 0.6 is 0 Å². The number of nitrogens with zero attached hydrogens (tertiary/aromatic N) is 6. The second-order valence-corrected chi connectivity index (χ2v) is 23.1. The Bertz CT molecular complexity index is 3100. The minimum absolute atomic E-state index is 0.0215. The number of likely N-dealkylation sites (N-methyl/N-ethyl adjacent to an activating group) is 1. The number of phenolic OH excluding ortho intramolecular Hbond substituents is 1. The smallest absolute Gasteiger partial charge is 0.325 e. The minimum Gasteiger partial charge on any atom is -0.508 e. The average Bonchev–Trinajstić information content (AvgIpc) is 4.22. The Labute approximate surface area is 456 Å². The maximum atomic E-state index is 15.1. The Hall–Kier alpha value is -6.86. The molecule has 0 radical (unpaired) electrons. The summed E-state index contributed by atoms with van der Waals surface area (Å²) in [4.78, 5) is 81.3. The van der Waals surface area contributed by atoms with Crippen LogP contribution in [0.2, 0.25) is 0 Å². The van der Waals surface area contributed by atoms with Crippen LogP contribution in [-0.4, -0.2) is 155 Å². The highest BCUT2D eigenvalue weighted by Crippen LogP contribution is 2.46. The maximum Gasteiger partial charge on any atom is 0.325 e. The van der Waals surface area contributed by atoms with Gasteiger partial charge in [-0.15, -0.1) is 0 Å². The van der Waals surface area contributed by atoms with E-state index in [0.717, 1.165) is 56.7 Å². The summed E-state index contributed by atoms with van der Waals surface area (Å²) >= 11 is 0. The van der Waals surface area contributed by atoms with Gasteiger partial charge in [-0.3, -0.25) is 34.0 Å². The van der Waals surface area contributed by atoms with E-state index >= 15 is 4.79 Å². The van der Waals surface area contributed by atoms with Gasteiger partial charge in [0.15, 0.2) is 0 Å². The van der Waals surface area contributed by atoms with Gasteiger partial charge in [-0.1, -0.05) is 70.2 Å². The van der Waals surface area contributed by atoms with Crippen molar-refractivity contribution in [2.24, 2.45) is 23.2 Å². The van der Waals surface area contributed by atoms with Crippen molar-refractivity contribution in [2.75, 3.05) is 71.6 Å². The van der Waals surface area contributed by atoms with Crippen molar-refractivity contribution in [3.05, 3.63) is 101 Å².